The highest BCUT2D eigenvalue weighted by Gasteiger charge is 2.24. The van der Waals surface area contributed by atoms with Gasteiger partial charge in [-0.15, -0.1) is 0 Å². The van der Waals surface area contributed by atoms with E-state index in [4.69, 9.17) is 0 Å². The molecule has 4 rings (SSSR count). The molecule has 2 aliphatic rings. The van der Waals surface area contributed by atoms with Gasteiger partial charge in [-0.1, -0.05) is 18.6 Å². The van der Waals surface area contributed by atoms with Crippen LogP contribution in [-0.4, -0.2) is 30.4 Å². The monoisotopic (exact) mass is 365 g/mol. The number of anilines is 2. The molecule has 0 spiro atoms. The highest BCUT2D eigenvalue weighted by Crippen LogP contribution is 2.32. The molecule has 1 fully saturated rings. The third-order valence-corrected chi connectivity index (χ3v) is 5.27. The van der Waals surface area contributed by atoms with Crippen molar-refractivity contribution < 1.29 is 9.18 Å². The summed E-state index contributed by atoms with van der Waals surface area (Å²) in [6.45, 7) is 3.55. The van der Waals surface area contributed by atoms with Gasteiger partial charge in [-0.25, -0.2) is 4.39 Å². The van der Waals surface area contributed by atoms with Crippen molar-refractivity contribution in [2.24, 2.45) is 0 Å². The summed E-state index contributed by atoms with van der Waals surface area (Å²) < 4.78 is 13.5. The van der Waals surface area contributed by atoms with E-state index in [1.807, 2.05) is 12.1 Å². The van der Waals surface area contributed by atoms with Crippen LogP contribution in [0.4, 0.5) is 15.8 Å². The molecule has 2 N–H and O–H groups in total. The highest BCUT2D eigenvalue weighted by atomic mass is 19.1. The molecule has 4 nitrogen and oxygen atoms in total. The molecule has 0 saturated carbocycles. The molecule has 0 aliphatic carbocycles. The van der Waals surface area contributed by atoms with Crippen LogP contribution in [0.5, 0.6) is 0 Å². The molecule has 0 radical (unpaired) electrons. The lowest BCUT2D eigenvalue weighted by molar-refractivity contribution is -0.110. The van der Waals surface area contributed by atoms with E-state index in [1.54, 1.807) is 12.3 Å². The molecule has 140 valence electrons. The minimum atomic E-state index is -0.353. The van der Waals surface area contributed by atoms with Gasteiger partial charge >= 0.3 is 0 Å². The van der Waals surface area contributed by atoms with Gasteiger partial charge in [0.1, 0.15) is 5.82 Å². The fraction of sp³-hybridized carbons (Fsp3) is 0.318. The second-order valence-electron chi connectivity index (χ2n) is 7.20. The molecule has 5 heteroatoms. The van der Waals surface area contributed by atoms with Crippen molar-refractivity contribution in [3.63, 3.8) is 0 Å². The first kappa shape index (κ1) is 17.7. The molecule has 2 heterocycles. The summed E-state index contributed by atoms with van der Waals surface area (Å²) in [6, 6.07) is 12.6. The minimum absolute atomic E-state index is 0.221. The van der Waals surface area contributed by atoms with Gasteiger partial charge in [0.05, 0.1) is 5.57 Å². The quantitative estimate of drug-likeness (QED) is 0.778. The van der Waals surface area contributed by atoms with Crippen LogP contribution in [0.25, 0.3) is 5.57 Å². The van der Waals surface area contributed by atoms with E-state index in [2.05, 4.69) is 27.7 Å². The number of benzene rings is 2. The third-order valence-electron chi connectivity index (χ3n) is 5.27. The number of piperidine rings is 1. The van der Waals surface area contributed by atoms with Crippen LogP contribution in [-0.2, 0) is 11.2 Å². The number of carbonyl (C=O) groups excluding carboxylic acids is 1. The molecule has 0 aromatic heterocycles. The lowest BCUT2D eigenvalue weighted by Crippen LogP contribution is -2.31. The molecule has 0 bridgehead atoms. The van der Waals surface area contributed by atoms with Crippen LogP contribution < -0.4 is 10.6 Å². The standard InChI is InChI=1S/C22H24FN3O/c23-17-6-9-21-19(14-17)20(22(27)25-21)15-24-18-7-4-16(5-8-18)10-13-26-11-2-1-3-12-26/h4-9,14-15,24H,1-3,10-13H2,(H,25,27). The molecule has 1 amide bonds. The first-order valence-corrected chi connectivity index (χ1v) is 9.58. The second kappa shape index (κ2) is 7.92. The number of carbonyl (C=O) groups is 1. The summed E-state index contributed by atoms with van der Waals surface area (Å²) in [4.78, 5) is 14.6. The van der Waals surface area contributed by atoms with E-state index in [-0.39, 0.29) is 11.7 Å². The maximum absolute atomic E-state index is 13.5. The average molecular weight is 365 g/mol. The minimum Gasteiger partial charge on any atom is -0.361 e. The fourth-order valence-corrected chi connectivity index (χ4v) is 3.70. The molecule has 0 unspecified atom stereocenters. The largest absolute Gasteiger partial charge is 0.361 e. The number of rotatable bonds is 5. The number of hydrogen-bond donors (Lipinski definition) is 2. The van der Waals surface area contributed by atoms with E-state index in [1.165, 1.54) is 50.0 Å². The van der Waals surface area contributed by atoms with Crippen molar-refractivity contribution in [3.05, 3.63) is 65.6 Å². The molecule has 2 aromatic carbocycles. The number of nitrogens with zero attached hydrogens (tertiary/aromatic N) is 1. The maximum atomic E-state index is 13.5. The van der Waals surface area contributed by atoms with Crippen molar-refractivity contribution in [3.8, 4) is 0 Å². The Bertz CT molecular complexity index is 854. The maximum Gasteiger partial charge on any atom is 0.257 e. The van der Waals surface area contributed by atoms with Crippen molar-refractivity contribution in [1.82, 2.24) is 4.90 Å². The summed E-state index contributed by atoms with van der Waals surface area (Å²) in [5.41, 5.74) is 3.89. The van der Waals surface area contributed by atoms with Crippen LogP contribution in [0, 0.1) is 5.82 Å². The fourth-order valence-electron chi connectivity index (χ4n) is 3.70. The smallest absolute Gasteiger partial charge is 0.257 e. The normalized spacial score (nSPS) is 18.4. The zero-order valence-electron chi connectivity index (χ0n) is 15.3. The van der Waals surface area contributed by atoms with Gasteiger partial charge in [0, 0.05) is 29.7 Å². The number of hydrogen-bond acceptors (Lipinski definition) is 3. The Morgan fingerprint density at radius 2 is 1.85 bits per heavy atom. The molecule has 2 aliphatic heterocycles. The van der Waals surface area contributed by atoms with Crippen LogP contribution in [0.15, 0.2) is 48.7 Å². The number of halogens is 1. The summed E-state index contributed by atoms with van der Waals surface area (Å²) in [7, 11) is 0. The van der Waals surface area contributed by atoms with E-state index in [9.17, 15) is 9.18 Å². The topological polar surface area (TPSA) is 44.4 Å². The van der Waals surface area contributed by atoms with E-state index in [0.29, 0.717) is 16.8 Å². The number of amides is 1. The Hall–Kier alpha value is -2.66. The summed E-state index contributed by atoms with van der Waals surface area (Å²) in [5, 5.41) is 5.90. The number of likely N-dealkylation sites (tertiary alicyclic amines) is 1. The first-order valence-electron chi connectivity index (χ1n) is 9.58. The van der Waals surface area contributed by atoms with Crippen molar-refractivity contribution in [1.29, 1.82) is 0 Å². The van der Waals surface area contributed by atoms with Crippen LogP contribution in [0.1, 0.15) is 30.4 Å². The Kier molecular flexibility index (Phi) is 5.21. The van der Waals surface area contributed by atoms with Gasteiger partial charge < -0.3 is 15.5 Å². The van der Waals surface area contributed by atoms with Gasteiger partial charge in [0.25, 0.3) is 5.91 Å². The summed E-state index contributed by atoms with van der Waals surface area (Å²) in [6.07, 6.45) is 6.69. The van der Waals surface area contributed by atoms with Crippen LogP contribution in [0.2, 0.25) is 0 Å². The SMILES string of the molecule is O=C1Nc2ccc(F)cc2C1=CNc1ccc(CCN2CCCCC2)cc1. The van der Waals surface area contributed by atoms with Crippen molar-refractivity contribution >= 4 is 22.9 Å². The van der Waals surface area contributed by atoms with Gasteiger partial charge in [-0.3, -0.25) is 4.79 Å². The van der Waals surface area contributed by atoms with Crippen LogP contribution >= 0.6 is 0 Å². The molecule has 1 saturated heterocycles. The zero-order valence-corrected chi connectivity index (χ0v) is 15.3. The molecule has 27 heavy (non-hydrogen) atoms. The second-order valence-corrected chi connectivity index (χ2v) is 7.20. The van der Waals surface area contributed by atoms with Gasteiger partial charge in [0.2, 0.25) is 0 Å². The Balaban J connectivity index is 1.38. The van der Waals surface area contributed by atoms with E-state index in [0.717, 1.165) is 18.7 Å². The lowest BCUT2D eigenvalue weighted by atomic mass is 10.1. The van der Waals surface area contributed by atoms with Crippen molar-refractivity contribution in [2.45, 2.75) is 25.7 Å². The highest BCUT2D eigenvalue weighted by molar-refractivity contribution is 6.31. The third kappa shape index (κ3) is 4.19. The first-order chi connectivity index (χ1) is 13.2. The van der Waals surface area contributed by atoms with Crippen LogP contribution in [0.3, 0.4) is 0 Å². The van der Waals surface area contributed by atoms with Gasteiger partial charge in [-0.05, 0) is 68.2 Å². The zero-order chi connectivity index (χ0) is 18.6. The Morgan fingerprint density at radius 1 is 1.07 bits per heavy atom. The predicted octanol–water partition coefficient (Wildman–Crippen LogP) is 4.26. The van der Waals surface area contributed by atoms with Gasteiger partial charge in [-0.2, -0.15) is 0 Å². The molecular weight excluding hydrogens is 341 g/mol. The predicted molar refractivity (Wildman–Crippen MR) is 107 cm³/mol. The Labute approximate surface area is 159 Å². The van der Waals surface area contributed by atoms with Crippen molar-refractivity contribution in [2.75, 3.05) is 30.3 Å². The average Bonchev–Trinajstić information content (AvgIpc) is 3.01. The molecular formula is C22H24FN3O. The summed E-state index contributed by atoms with van der Waals surface area (Å²) in [5.74, 6) is -0.574. The van der Waals surface area contributed by atoms with Gasteiger partial charge in [0.15, 0.2) is 0 Å². The Morgan fingerprint density at radius 3 is 2.63 bits per heavy atom. The van der Waals surface area contributed by atoms with E-state index >= 15 is 0 Å². The summed E-state index contributed by atoms with van der Waals surface area (Å²) >= 11 is 0. The number of nitrogens with one attached hydrogen (secondary N) is 2. The van der Waals surface area contributed by atoms with E-state index < -0.39 is 0 Å². The molecule has 2 aromatic rings. The molecule has 0 atom stereocenters. The number of fused-ring (bicyclic) bond motifs is 1. The lowest BCUT2D eigenvalue weighted by Gasteiger charge is -2.26.